The predicted octanol–water partition coefficient (Wildman–Crippen LogP) is 2.60. The number of carbonyl (C=O) groups is 2. The highest BCUT2D eigenvalue weighted by Crippen LogP contribution is 2.60. The topological polar surface area (TPSA) is 101 Å². The van der Waals surface area contributed by atoms with Crippen LogP contribution in [0.25, 0.3) is 0 Å². The van der Waals surface area contributed by atoms with Gasteiger partial charge >= 0.3 is 11.9 Å². The van der Waals surface area contributed by atoms with Crippen LogP contribution in [0.2, 0.25) is 0 Å². The van der Waals surface area contributed by atoms with Gasteiger partial charge in [-0.25, -0.2) is 9.78 Å². The molecule has 27 heavy (non-hydrogen) atoms. The van der Waals surface area contributed by atoms with Crippen LogP contribution in [0.3, 0.4) is 0 Å². The Hall–Kier alpha value is -1.22. The molecule has 1 aliphatic carbocycles. The van der Waals surface area contributed by atoms with Crippen LogP contribution in [-0.4, -0.2) is 41.0 Å². The fourth-order valence-corrected chi connectivity index (χ4v) is 5.40. The molecule has 152 valence electrons. The van der Waals surface area contributed by atoms with Crippen molar-refractivity contribution < 1.29 is 38.7 Å². The van der Waals surface area contributed by atoms with Crippen LogP contribution in [-0.2, 0) is 33.6 Å². The Labute approximate surface area is 158 Å². The first kappa shape index (κ1) is 19.1. The zero-order valence-corrected chi connectivity index (χ0v) is 16.0. The van der Waals surface area contributed by atoms with Crippen molar-refractivity contribution in [1.82, 2.24) is 0 Å². The molecule has 0 radical (unpaired) electrons. The molecule has 8 atom stereocenters. The molecule has 5 fully saturated rings. The van der Waals surface area contributed by atoms with Gasteiger partial charge in [0.05, 0.1) is 12.8 Å². The Morgan fingerprint density at radius 2 is 1.89 bits per heavy atom. The number of hydrogen-bond donors (Lipinski definition) is 1. The lowest BCUT2D eigenvalue weighted by molar-refractivity contribution is -0.576. The number of carboxylic acid groups (broad SMARTS) is 1. The first-order valence-corrected chi connectivity index (χ1v) is 9.86. The Morgan fingerprint density at radius 1 is 1.11 bits per heavy atom. The van der Waals surface area contributed by atoms with Gasteiger partial charge in [0.2, 0.25) is 12.1 Å². The zero-order chi connectivity index (χ0) is 19.4. The van der Waals surface area contributed by atoms with Crippen molar-refractivity contribution >= 4 is 11.9 Å². The van der Waals surface area contributed by atoms with Crippen LogP contribution in [0.1, 0.15) is 59.3 Å². The molecule has 5 aliphatic rings. The summed E-state index contributed by atoms with van der Waals surface area (Å²) >= 11 is 0. The van der Waals surface area contributed by atoms with Gasteiger partial charge in [0.25, 0.3) is 0 Å². The van der Waals surface area contributed by atoms with Crippen molar-refractivity contribution in [2.75, 3.05) is 0 Å². The maximum absolute atomic E-state index is 12.1. The normalized spacial score (nSPS) is 48.4. The van der Waals surface area contributed by atoms with Gasteiger partial charge < -0.3 is 19.3 Å². The first-order valence-electron chi connectivity index (χ1n) is 9.86. The van der Waals surface area contributed by atoms with E-state index >= 15 is 0 Å². The van der Waals surface area contributed by atoms with Crippen LogP contribution >= 0.6 is 0 Å². The van der Waals surface area contributed by atoms with Gasteiger partial charge in [-0.15, -0.1) is 0 Å². The lowest BCUT2D eigenvalue weighted by atomic mass is 9.58. The number of carbonyl (C=O) groups excluding carboxylic acids is 1. The van der Waals surface area contributed by atoms with E-state index in [0.717, 1.165) is 19.3 Å². The molecule has 0 aromatic heterocycles. The van der Waals surface area contributed by atoms with E-state index in [1.807, 2.05) is 13.8 Å². The average molecular weight is 384 g/mol. The quantitative estimate of drug-likeness (QED) is 0.583. The molecule has 1 spiro atoms. The largest absolute Gasteiger partial charge is 0.481 e. The van der Waals surface area contributed by atoms with Crippen molar-refractivity contribution in [3.05, 3.63) is 0 Å². The Morgan fingerprint density at radius 3 is 2.63 bits per heavy atom. The van der Waals surface area contributed by atoms with Crippen molar-refractivity contribution in [1.29, 1.82) is 0 Å². The van der Waals surface area contributed by atoms with E-state index in [0.29, 0.717) is 12.3 Å². The minimum absolute atomic E-state index is 0.0670. The van der Waals surface area contributed by atoms with Crippen LogP contribution in [0.5, 0.6) is 0 Å². The van der Waals surface area contributed by atoms with Gasteiger partial charge in [-0.05, 0) is 38.0 Å². The third kappa shape index (κ3) is 3.06. The second kappa shape index (κ2) is 6.69. The highest BCUT2D eigenvalue weighted by molar-refractivity contribution is 5.76. The molecule has 4 aliphatic heterocycles. The minimum Gasteiger partial charge on any atom is -0.481 e. The molecular weight excluding hydrogens is 356 g/mol. The van der Waals surface area contributed by atoms with Gasteiger partial charge in [-0.2, -0.15) is 0 Å². The van der Waals surface area contributed by atoms with Gasteiger partial charge in [0.15, 0.2) is 11.9 Å². The Bertz CT molecular complexity index is 623. The van der Waals surface area contributed by atoms with Crippen molar-refractivity contribution in [3.8, 4) is 0 Å². The standard InChI is InChI=1S/C19H28O8/c1-10-4-5-13-11(2)16(23-15(22)7-6-14(20)21)24-17-19(13)12(10)8-9-18(3,25-17)26-27-19/h10-13,16-17H,4-9H2,1-3H3,(H,20,21)/t10-,11-,12?,13?,16+,17-,18-,19-/m1/s1. The molecule has 4 saturated heterocycles. The van der Waals surface area contributed by atoms with Crippen LogP contribution < -0.4 is 0 Å². The first-order chi connectivity index (χ1) is 12.7. The van der Waals surface area contributed by atoms with E-state index in [2.05, 4.69) is 6.92 Å². The molecular formula is C19H28O8. The SMILES string of the molecule is C[C@@H]1CCC2[C@@H](C)[C@@H](OC(=O)CCC(=O)O)O[C@@H]3O[C@@]4(C)CCC1[C@@]23OO4. The average Bonchev–Trinajstić information content (AvgIpc) is 2.84. The Kier molecular flexibility index (Phi) is 4.73. The van der Waals surface area contributed by atoms with Gasteiger partial charge in [-0.3, -0.25) is 9.59 Å². The van der Waals surface area contributed by atoms with E-state index in [-0.39, 0.29) is 30.6 Å². The summed E-state index contributed by atoms with van der Waals surface area (Å²) < 4.78 is 17.8. The number of aliphatic carboxylic acids is 1. The van der Waals surface area contributed by atoms with E-state index < -0.39 is 35.9 Å². The molecule has 4 heterocycles. The van der Waals surface area contributed by atoms with Crippen molar-refractivity contribution in [3.63, 3.8) is 0 Å². The molecule has 8 heteroatoms. The van der Waals surface area contributed by atoms with Crippen LogP contribution in [0, 0.1) is 23.7 Å². The molecule has 2 unspecified atom stereocenters. The summed E-state index contributed by atoms with van der Waals surface area (Å²) in [6.07, 6.45) is 1.72. The molecule has 0 aromatic carbocycles. The van der Waals surface area contributed by atoms with Gasteiger partial charge in [0, 0.05) is 18.3 Å². The molecule has 5 rings (SSSR count). The van der Waals surface area contributed by atoms with Crippen molar-refractivity contribution in [2.45, 2.75) is 83.3 Å². The highest BCUT2D eigenvalue weighted by Gasteiger charge is 2.69. The van der Waals surface area contributed by atoms with Gasteiger partial charge in [-0.1, -0.05) is 13.8 Å². The third-order valence-electron chi connectivity index (χ3n) is 6.89. The molecule has 0 aromatic rings. The fourth-order valence-electron chi connectivity index (χ4n) is 5.40. The second-order valence-electron chi connectivity index (χ2n) is 8.66. The summed E-state index contributed by atoms with van der Waals surface area (Å²) in [5.74, 6) is -1.82. The summed E-state index contributed by atoms with van der Waals surface area (Å²) in [6.45, 7) is 6.06. The summed E-state index contributed by atoms with van der Waals surface area (Å²) in [5.41, 5.74) is -0.697. The van der Waals surface area contributed by atoms with Crippen LogP contribution in [0.4, 0.5) is 0 Å². The van der Waals surface area contributed by atoms with E-state index in [9.17, 15) is 9.59 Å². The molecule has 8 nitrogen and oxygen atoms in total. The smallest absolute Gasteiger partial charge is 0.308 e. The summed E-state index contributed by atoms with van der Waals surface area (Å²) in [7, 11) is 0. The molecule has 2 bridgehead atoms. The second-order valence-corrected chi connectivity index (χ2v) is 8.66. The van der Waals surface area contributed by atoms with Gasteiger partial charge in [0.1, 0.15) is 0 Å². The minimum atomic E-state index is -1.03. The van der Waals surface area contributed by atoms with Crippen LogP contribution in [0.15, 0.2) is 0 Å². The molecule has 1 saturated carbocycles. The van der Waals surface area contributed by atoms with E-state index in [1.54, 1.807) is 0 Å². The number of rotatable bonds is 4. The monoisotopic (exact) mass is 384 g/mol. The lowest BCUT2D eigenvalue weighted by Crippen LogP contribution is -2.70. The number of ether oxygens (including phenoxy) is 3. The summed E-state index contributed by atoms with van der Waals surface area (Å²) in [5, 5.41) is 8.76. The highest BCUT2D eigenvalue weighted by atomic mass is 17.3. The Balaban J connectivity index is 1.58. The fraction of sp³-hybridized carbons (Fsp3) is 0.895. The van der Waals surface area contributed by atoms with Crippen molar-refractivity contribution in [2.24, 2.45) is 23.7 Å². The summed E-state index contributed by atoms with van der Waals surface area (Å²) in [4.78, 5) is 34.5. The lowest BCUT2D eigenvalue weighted by Gasteiger charge is -2.59. The maximum atomic E-state index is 12.1. The predicted molar refractivity (Wildman–Crippen MR) is 89.8 cm³/mol. The molecule has 1 N–H and O–H groups in total. The number of esters is 1. The number of hydrogen-bond acceptors (Lipinski definition) is 7. The zero-order valence-electron chi connectivity index (χ0n) is 16.0. The number of carboxylic acids is 1. The van der Waals surface area contributed by atoms with E-state index in [1.165, 1.54) is 0 Å². The number of fused-ring (bicyclic) bond motifs is 2. The summed E-state index contributed by atoms with van der Waals surface area (Å²) in [6, 6.07) is 0. The molecule has 0 amide bonds. The third-order valence-corrected chi connectivity index (χ3v) is 6.89. The maximum Gasteiger partial charge on any atom is 0.308 e. The van der Waals surface area contributed by atoms with E-state index in [4.69, 9.17) is 29.1 Å².